The van der Waals surface area contributed by atoms with Crippen LogP contribution in [0.15, 0.2) is 30.5 Å². The minimum absolute atomic E-state index is 0.125. The minimum atomic E-state index is -0.628. The first-order chi connectivity index (χ1) is 10.4. The number of carbonyl (C=O) groups excluding carboxylic acids is 2. The number of anilines is 2. The number of nitrogens with one attached hydrogen (secondary N) is 1. The molecule has 2 aromatic rings. The van der Waals surface area contributed by atoms with Gasteiger partial charge in [-0.2, -0.15) is 9.97 Å². The van der Waals surface area contributed by atoms with Gasteiger partial charge >= 0.3 is 5.28 Å². The van der Waals surface area contributed by atoms with Crippen LogP contribution >= 0.6 is 11.6 Å². The van der Waals surface area contributed by atoms with Crippen LogP contribution in [0.3, 0.4) is 0 Å². The van der Waals surface area contributed by atoms with Crippen LogP contribution in [-0.2, 0) is 4.79 Å². The molecule has 0 unspecified atom stereocenters. The van der Waals surface area contributed by atoms with E-state index in [9.17, 15) is 9.59 Å². The minimum Gasteiger partial charge on any atom is -0.342 e. The van der Waals surface area contributed by atoms with E-state index in [0.29, 0.717) is 5.69 Å². The first-order valence-corrected chi connectivity index (χ1v) is 7.00. The highest BCUT2D eigenvalue weighted by Gasteiger charge is 2.21. The van der Waals surface area contributed by atoms with Crippen LogP contribution in [0, 0.1) is 11.6 Å². The predicted octanol–water partition coefficient (Wildman–Crippen LogP) is 1.84. The molecule has 22 heavy (non-hydrogen) atoms. The van der Waals surface area contributed by atoms with E-state index in [4.69, 9.17) is 23.2 Å². The van der Waals surface area contributed by atoms with Gasteiger partial charge in [-0.25, -0.2) is 0 Å². The predicted molar refractivity (Wildman–Crippen MR) is 80.3 cm³/mol. The fourth-order valence-corrected chi connectivity index (χ4v) is 1.96. The number of Topliss-reactive ketones (excluding diaryl/α,β-unsaturated/α-hetero) is 1. The lowest BCUT2D eigenvalue weighted by Crippen LogP contribution is -2.30. The molecule has 1 amide bonds. The Bertz CT molecular complexity index is 735. The molecular formula is C14H13Cl2N4O2+. The Morgan fingerprint density at radius 2 is 1.95 bits per heavy atom. The molecule has 0 atom stereocenters. The van der Waals surface area contributed by atoms with E-state index >= 15 is 0 Å². The largest absolute Gasteiger partial charge is 0.419 e. The number of para-hydroxylation sites is 1. The molecule has 0 bridgehead atoms. The molecule has 1 N–H and O–H groups in total. The maximum atomic E-state index is 12.2. The number of rotatable bonds is 4. The summed E-state index contributed by atoms with van der Waals surface area (Å²) in [5.41, 5.74) is 0.638. The summed E-state index contributed by atoms with van der Waals surface area (Å²) in [6, 6.07) is 6.60. The molecule has 0 fully saturated rings. The topological polar surface area (TPSA) is 75.2 Å². The Kier molecular flexibility index (Phi) is 4.95. The lowest BCUT2D eigenvalue weighted by Gasteiger charge is -2.13. The van der Waals surface area contributed by atoms with Crippen molar-refractivity contribution in [1.82, 2.24) is 14.9 Å². The highest BCUT2D eigenvalue weighted by atomic mass is 35.5. The van der Waals surface area contributed by atoms with Crippen molar-refractivity contribution in [2.75, 3.05) is 19.4 Å². The molecule has 2 rings (SSSR count). The molecular weight excluding hydrogens is 327 g/mol. The van der Waals surface area contributed by atoms with Gasteiger partial charge in [-0.3, -0.25) is 9.59 Å². The van der Waals surface area contributed by atoms with Crippen LogP contribution < -0.4 is 5.32 Å². The highest BCUT2D eigenvalue weighted by molar-refractivity contribution is 6.43. The van der Waals surface area contributed by atoms with Crippen LogP contribution in [0.4, 0.5) is 11.5 Å². The van der Waals surface area contributed by atoms with Gasteiger partial charge in [0.25, 0.3) is 11.7 Å². The molecule has 0 radical (unpaired) electrons. The Hall–Kier alpha value is -2.18. The molecule has 1 aromatic heterocycles. The van der Waals surface area contributed by atoms with E-state index in [1.807, 2.05) is 0 Å². The second-order valence-corrected chi connectivity index (χ2v) is 5.32. The Morgan fingerprint density at radius 3 is 2.64 bits per heavy atom. The van der Waals surface area contributed by atoms with Gasteiger partial charge in [0, 0.05) is 14.1 Å². The third kappa shape index (κ3) is 3.52. The fourth-order valence-electron chi connectivity index (χ4n) is 1.67. The van der Waals surface area contributed by atoms with E-state index in [0.717, 1.165) is 0 Å². The molecule has 8 heteroatoms. The normalized spacial score (nSPS) is 10.2. The first-order valence-electron chi connectivity index (χ1n) is 6.21. The molecule has 1 aromatic carbocycles. The molecule has 0 aliphatic carbocycles. The summed E-state index contributed by atoms with van der Waals surface area (Å²) in [5.74, 6) is -0.969. The van der Waals surface area contributed by atoms with E-state index in [-0.39, 0.29) is 21.7 Å². The van der Waals surface area contributed by atoms with Gasteiger partial charge in [0.05, 0.1) is 17.4 Å². The fraction of sp³-hybridized carbons (Fsp3) is 0.143. The van der Waals surface area contributed by atoms with Crippen molar-refractivity contribution in [3.63, 3.8) is 0 Å². The summed E-state index contributed by atoms with van der Waals surface area (Å²) in [5, 5.41) is 3.30. The van der Waals surface area contributed by atoms with Gasteiger partial charge in [0.2, 0.25) is 0 Å². The summed E-state index contributed by atoms with van der Waals surface area (Å²) in [4.78, 5) is 33.1. The molecule has 0 aliphatic heterocycles. The number of aromatic nitrogens is 2. The number of amides is 1. The molecule has 0 saturated heterocycles. The van der Waals surface area contributed by atoms with Crippen LogP contribution in [0.5, 0.6) is 0 Å². The van der Waals surface area contributed by atoms with E-state index in [2.05, 4.69) is 15.3 Å². The highest BCUT2D eigenvalue weighted by Crippen LogP contribution is 2.25. The molecule has 0 spiro atoms. The summed E-state index contributed by atoms with van der Waals surface area (Å²) in [7, 11) is 3.03. The average Bonchev–Trinajstić information content (AvgIpc) is 2.50. The van der Waals surface area contributed by atoms with E-state index in [1.165, 1.54) is 25.2 Å². The van der Waals surface area contributed by atoms with E-state index < -0.39 is 11.7 Å². The van der Waals surface area contributed by atoms with Crippen molar-refractivity contribution < 1.29 is 21.2 Å². The Balaban J connectivity index is 2.39. The lowest BCUT2D eigenvalue weighted by atomic mass is 10.1. The molecule has 114 valence electrons. The van der Waals surface area contributed by atoms with Crippen LogP contribution in [0.25, 0.3) is 0 Å². The van der Waals surface area contributed by atoms with Crippen molar-refractivity contribution in [3.05, 3.63) is 46.3 Å². The second-order valence-electron chi connectivity index (χ2n) is 4.55. The van der Waals surface area contributed by atoms with Crippen molar-refractivity contribution >= 4 is 34.8 Å². The van der Waals surface area contributed by atoms with Gasteiger partial charge in [-0.15, -0.1) is 0 Å². The van der Waals surface area contributed by atoms with Gasteiger partial charge in [0.15, 0.2) is 17.4 Å². The number of benzene rings is 1. The summed E-state index contributed by atoms with van der Waals surface area (Å²) >= 11 is 10.9. The van der Waals surface area contributed by atoms with Gasteiger partial charge in [-0.1, -0.05) is 23.7 Å². The SMILES string of the molecule is CN(C)C(=O)C(=O)c1ccccc1Nc1nc([ClH+])ncc1Cl. The Morgan fingerprint density at radius 1 is 1.27 bits per heavy atom. The van der Waals surface area contributed by atoms with Crippen LogP contribution in [0.1, 0.15) is 10.4 Å². The second kappa shape index (κ2) is 6.72. The molecule has 0 saturated carbocycles. The number of hydrogen-bond acceptors (Lipinski definition) is 5. The molecule has 0 aliphatic rings. The number of carbonyl (C=O) groups is 2. The maximum Gasteiger partial charge on any atom is 0.419 e. The first kappa shape index (κ1) is 16.2. The van der Waals surface area contributed by atoms with Crippen molar-refractivity contribution in [1.29, 1.82) is 0 Å². The smallest absolute Gasteiger partial charge is 0.342 e. The monoisotopic (exact) mass is 339 g/mol. The number of halogens is 2. The summed E-state index contributed by atoms with van der Waals surface area (Å²) in [6.45, 7) is 0. The molecule has 1 heterocycles. The van der Waals surface area contributed by atoms with Crippen molar-refractivity contribution in [2.45, 2.75) is 0 Å². The lowest BCUT2D eigenvalue weighted by molar-refractivity contribution is -0.303. The van der Waals surface area contributed by atoms with Crippen LogP contribution in [-0.4, -0.2) is 40.7 Å². The van der Waals surface area contributed by atoms with Crippen molar-refractivity contribution in [2.24, 2.45) is 0 Å². The van der Waals surface area contributed by atoms with Gasteiger partial charge in [-0.05, 0) is 12.1 Å². The van der Waals surface area contributed by atoms with E-state index in [1.54, 1.807) is 24.3 Å². The summed E-state index contributed by atoms with van der Waals surface area (Å²) in [6.07, 6.45) is 1.37. The third-order valence-electron chi connectivity index (χ3n) is 2.75. The van der Waals surface area contributed by atoms with Gasteiger partial charge < -0.3 is 10.2 Å². The Labute approximate surface area is 137 Å². The quantitative estimate of drug-likeness (QED) is 0.522. The number of nitrogens with zero attached hydrogens (tertiary/aromatic N) is 3. The average molecular weight is 340 g/mol. The number of ketones is 1. The number of likely N-dealkylation sites (N-methyl/N-ethyl adjacent to an activating group) is 1. The third-order valence-corrected chi connectivity index (χ3v) is 3.22. The zero-order chi connectivity index (χ0) is 16.3. The number of hydrogen-bond donors (Lipinski definition) is 1. The summed E-state index contributed by atoms with van der Waals surface area (Å²) < 4.78 is 0. The molecule has 6 nitrogen and oxygen atoms in total. The zero-order valence-corrected chi connectivity index (χ0v) is 13.4. The maximum absolute atomic E-state index is 12.2. The standard InChI is InChI=1S/C14H12Cl2N4O2/c1-20(2)13(22)11(21)8-5-3-4-6-10(8)18-12-9(15)7-17-14(16)19-12/h3-7,16H,1-2H3/p+1. The van der Waals surface area contributed by atoms with Crippen LogP contribution in [0.2, 0.25) is 10.3 Å². The zero-order valence-electron chi connectivity index (χ0n) is 11.8. The van der Waals surface area contributed by atoms with Gasteiger partial charge in [0.1, 0.15) is 5.02 Å². The van der Waals surface area contributed by atoms with Crippen molar-refractivity contribution in [3.8, 4) is 0 Å².